The third kappa shape index (κ3) is 6.51. The highest BCUT2D eigenvalue weighted by Gasteiger charge is 2.19. The molecule has 0 radical (unpaired) electrons. The van der Waals surface area contributed by atoms with Gasteiger partial charge < -0.3 is 15.0 Å². The van der Waals surface area contributed by atoms with Gasteiger partial charge in [0.15, 0.2) is 5.96 Å². The summed E-state index contributed by atoms with van der Waals surface area (Å²) < 4.78 is 5.48. The Kier molecular flexibility index (Phi) is 7.96. The number of likely N-dealkylation sites (tertiary alicyclic amines) is 1. The summed E-state index contributed by atoms with van der Waals surface area (Å²) in [5.41, 5.74) is 2.72. The number of hydrogen-bond donors (Lipinski definition) is 1. The average molecular weight is 373 g/mol. The monoisotopic (exact) mass is 372 g/mol. The van der Waals surface area contributed by atoms with Crippen LogP contribution in [0.2, 0.25) is 0 Å². The number of rotatable bonds is 6. The van der Waals surface area contributed by atoms with Crippen molar-refractivity contribution >= 4 is 5.96 Å². The van der Waals surface area contributed by atoms with Crippen LogP contribution in [-0.2, 0) is 17.8 Å². The zero-order valence-electron chi connectivity index (χ0n) is 17.1. The van der Waals surface area contributed by atoms with Gasteiger partial charge in [-0.15, -0.1) is 0 Å². The molecule has 1 aromatic rings. The average Bonchev–Trinajstić information content (AvgIpc) is 3.05. The van der Waals surface area contributed by atoms with E-state index in [1.165, 1.54) is 49.9 Å². The molecule has 5 heteroatoms. The van der Waals surface area contributed by atoms with Gasteiger partial charge in [-0.3, -0.25) is 9.89 Å². The van der Waals surface area contributed by atoms with Crippen molar-refractivity contribution in [3.05, 3.63) is 35.4 Å². The lowest BCUT2D eigenvalue weighted by molar-refractivity contribution is 0.181. The second-order valence-electron chi connectivity index (χ2n) is 8.02. The Morgan fingerprint density at radius 1 is 1.15 bits per heavy atom. The molecule has 0 spiro atoms. The van der Waals surface area contributed by atoms with E-state index in [0.29, 0.717) is 5.92 Å². The molecule has 1 aromatic carbocycles. The Hall–Kier alpha value is -1.59. The van der Waals surface area contributed by atoms with Crippen molar-refractivity contribution in [2.24, 2.45) is 10.9 Å². The third-order valence-corrected chi connectivity index (χ3v) is 5.71. The van der Waals surface area contributed by atoms with Crippen LogP contribution >= 0.6 is 0 Å². The van der Waals surface area contributed by atoms with Crippen LogP contribution in [-0.4, -0.2) is 62.7 Å². The largest absolute Gasteiger partial charge is 0.381 e. The van der Waals surface area contributed by atoms with Crippen molar-refractivity contribution in [3.63, 3.8) is 0 Å². The number of nitrogens with one attached hydrogen (secondary N) is 1. The van der Waals surface area contributed by atoms with E-state index >= 15 is 0 Å². The first-order valence-electron chi connectivity index (χ1n) is 10.5. The summed E-state index contributed by atoms with van der Waals surface area (Å²) in [5.74, 6) is 1.57. The molecule has 3 rings (SSSR count). The fraction of sp³-hybridized carbons (Fsp3) is 0.682. The summed E-state index contributed by atoms with van der Waals surface area (Å²) in [4.78, 5) is 9.25. The van der Waals surface area contributed by atoms with Crippen molar-refractivity contribution in [3.8, 4) is 0 Å². The van der Waals surface area contributed by atoms with Crippen molar-refractivity contribution < 1.29 is 4.74 Å². The van der Waals surface area contributed by atoms with Gasteiger partial charge in [-0.25, -0.2) is 0 Å². The lowest BCUT2D eigenvalue weighted by Gasteiger charge is -2.24. The minimum Gasteiger partial charge on any atom is -0.381 e. The molecule has 2 aliphatic heterocycles. The van der Waals surface area contributed by atoms with Crippen LogP contribution < -0.4 is 5.32 Å². The summed E-state index contributed by atoms with van der Waals surface area (Å²) in [5, 5.41) is 3.49. The summed E-state index contributed by atoms with van der Waals surface area (Å²) in [6.45, 7) is 7.16. The van der Waals surface area contributed by atoms with Crippen LogP contribution in [0.15, 0.2) is 29.3 Å². The quantitative estimate of drug-likeness (QED) is 0.615. The number of guanidine groups is 1. The highest BCUT2D eigenvalue weighted by atomic mass is 16.5. The Balaban J connectivity index is 1.45. The van der Waals surface area contributed by atoms with E-state index in [4.69, 9.17) is 4.74 Å². The second kappa shape index (κ2) is 10.7. The highest BCUT2D eigenvalue weighted by Crippen LogP contribution is 2.15. The Morgan fingerprint density at radius 2 is 1.85 bits per heavy atom. The van der Waals surface area contributed by atoms with Crippen molar-refractivity contribution in [2.45, 2.75) is 45.2 Å². The number of ether oxygens (including phenoxy) is 1. The number of aliphatic imine (C=N–C) groups is 1. The van der Waals surface area contributed by atoms with E-state index in [1.807, 2.05) is 7.05 Å². The highest BCUT2D eigenvalue weighted by molar-refractivity contribution is 5.79. The molecule has 2 aliphatic rings. The van der Waals surface area contributed by atoms with E-state index in [2.05, 4.69) is 51.4 Å². The molecule has 0 amide bonds. The maximum Gasteiger partial charge on any atom is 0.193 e. The Morgan fingerprint density at radius 3 is 2.48 bits per heavy atom. The topological polar surface area (TPSA) is 40.1 Å². The van der Waals surface area contributed by atoms with Gasteiger partial charge in [0, 0.05) is 46.3 Å². The van der Waals surface area contributed by atoms with Gasteiger partial charge >= 0.3 is 0 Å². The molecule has 0 aliphatic carbocycles. The molecule has 2 fully saturated rings. The second-order valence-corrected chi connectivity index (χ2v) is 8.02. The molecule has 0 saturated carbocycles. The molecule has 5 nitrogen and oxygen atoms in total. The first-order valence-corrected chi connectivity index (χ1v) is 10.5. The first kappa shape index (κ1) is 20.2. The minimum atomic E-state index is 0.617. The maximum absolute atomic E-state index is 5.48. The predicted octanol–water partition coefficient (Wildman–Crippen LogP) is 3.11. The number of benzene rings is 1. The van der Waals surface area contributed by atoms with Crippen molar-refractivity contribution in [2.75, 3.05) is 46.9 Å². The van der Waals surface area contributed by atoms with Crippen LogP contribution in [0.25, 0.3) is 0 Å². The van der Waals surface area contributed by atoms with E-state index in [9.17, 15) is 0 Å². The number of nitrogens with zero attached hydrogens (tertiary/aromatic N) is 3. The van der Waals surface area contributed by atoms with Gasteiger partial charge in [0.05, 0.1) is 6.61 Å². The molecule has 1 unspecified atom stereocenters. The third-order valence-electron chi connectivity index (χ3n) is 5.71. The van der Waals surface area contributed by atoms with Crippen molar-refractivity contribution in [1.29, 1.82) is 0 Å². The molecule has 150 valence electrons. The van der Waals surface area contributed by atoms with E-state index in [0.717, 1.165) is 45.2 Å². The van der Waals surface area contributed by atoms with Gasteiger partial charge in [-0.2, -0.15) is 0 Å². The predicted molar refractivity (Wildman–Crippen MR) is 112 cm³/mol. The zero-order chi connectivity index (χ0) is 18.9. The van der Waals surface area contributed by atoms with Gasteiger partial charge in [0.25, 0.3) is 0 Å². The van der Waals surface area contributed by atoms with E-state index in [1.54, 1.807) is 0 Å². The standard InChI is InChI=1S/C22H36N4O/c1-23-22(25(2)16-21-11-14-27-18-21)24-15-19-7-9-20(10-8-19)17-26-12-5-3-4-6-13-26/h7-10,21H,3-6,11-18H2,1-2H3,(H,23,24). The smallest absolute Gasteiger partial charge is 0.193 e. The Labute approximate surface area is 164 Å². The first-order chi connectivity index (χ1) is 13.2. The molecule has 1 atom stereocenters. The van der Waals surface area contributed by atoms with Gasteiger partial charge in [-0.1, -0.05) is 37.1 Å². The lowest BCUT2D eigenvalue weighted by atomic mass is 10.1. The molecule has 0 bridgehead atoms. The van der Waals surface area contributed by atoms with Gasteiger partial charge in [-0.05, 0) is 43.5 Å². The van der Waals surface area contributed by atoms with Crippen molar-refractivity contribution in [1.82, 2.24) is 15.1 Å². The van der Waals surface area contributed by atoms with Crippen LogP contribution in [0.5, 0.6) is 0 Å². The molecule has 0 aromatic heterocycles. The maximum atomic E-state index is 5.48. The Bertz CT molecular complexity index is 572. The summed E-state index contributed by atoms with van der Waals surface area (Å²) in [6.07, 6.45) is 6.64. The molecular formula is C22H36N4O. The lowest BCUT2D eigenvalue weighted by Crippen LogP contribution is -2.41. The molecule has 1 N–H and O–H groups in total. The normalized spacial score (nSPS) is 21.9. The zero-order valence-corrected chi connectivity index (χ0v) is 17.1. The fourth-order valence-corrected chi connectivity index (χ4v) is 4.08. The van der Waals surface area contributed by atoms with Gasteiger partial charge in [0.2, 0.25) is 0 Å². The van der Waals surface area contributed by atoms with Gasteiger partial charge in [0.1, 0.15) is 0 Å². The van der Waals surface area contributed by atoms with Crippen LogP contribution in [0, 0.1) is 5.92 Å². The molecular weight excluding hydrogens is 336 g/mol. The van der Waals surface area contributed by atoms with Crippen LogP contribution in [0.4, 0.5) is 0 Å². The SMILES string of the molecule is CN=C(NCc1ccc(CN2CCCCCC2)cc1)N(C)CC1CCOC1. The van der Waals surface area contributed by atoms with E-state index in [-0.39, 0.29) is 0 Å². The summed E-state index contributed by atoms with van der Waals surface area (Å²) in [6, 6.07) is 9.06. The molecule has 27 heavy (non-hydrogen) atoms. The fourth-order valence-electron chi connectivity index (χ4n) is 4.08. The summed E-state index contributed by atoms with van der Waals surface area (Å²) >= 11 is 0. The van der Waals surface area contributed by atoms with Crippen LogP contribution in [0.1, 0.15) is 43.2 Å². The molecule has 2 saturated heterocycles. The molecule has 2 heterocycles. The number of hydrogen-bond acceptors (Lipinski definition) is 3. The van der Waals surface area contributed by atoms with Crippen LogP contribution in [0.3, 0.4) is 0 Å². The summed E-state index contributed by atoms with van der Waals surface area (Å²) in [7, 11) is 3.96. The van der Waals surface area contributed by atoms with E-state index < -0.39 is 0 Å². The minimum absolute atomic E-state index is 0.617.